The lowest BCUT2D eigenvalue weighted by atomic mass is 9.43. The first-order chi connectivity index (χ1) is 21.6. The molecule has 6 rings (SSSR count). The number of aliphatic imine (C=N–C) groups is 1. The molecule has 1 aliphatic heterocycles. The molecule has 3 aliphatic carbocycles. The molecule has 0 spiro atoms. The van der Waals surface area contributed by atoms with Crippen LogP contribution in [0.4, 0.5) is 0 Å². The highest BCUT2D eigenvalue weighted by molar-refractivity contribution is 7.89. The fourth-order valence-electron chi connectivity index (χ4n) is 7.56. The summed E-state index contributed by atoms with van der Waals surface area (Å²) >= 11 is 0. The molecular formula is C31H45BN6O7S. The highest BCUT2D eigenvalue weighted by atomic mass is 32.2. The number of nitrogens with two attached hydrogens (primary N) is 1. The number of hydrogen-bond acceptors (Lipinski definition) is 8. The van der Waals surface area contributed by atoms with E-state index in [4.69, 9.17) is 15.0 Å². The summed E-state index contributed by atoms with van der Waals surface area (Å²) in [5.74, 6) is -0.303. The number of sulfonamides is 1. The zero-order chi connectivity index (χ0) is 33.4. The molecule has 1 amide bonds. The minimum atomic E-state index is -4.12. The van der Waals surface area contributed by atoms with Gasteiger partial charge in [0, 0.05) is 6.54 Å². The first-order valence-electron chi connectivity index (χ1n) is 16.0. The van der Waals surface area contributed by atoms with E-state index in [1.54, 1.807) is 17.6 Å². The number of nitrogens with zero attached hydrogens (tertiary/aromatic N) is 2. The number of amides is 1. The number of benzene rings is 2. The number of fused-ring (bicyclic) bond motifs is 1. The zero-order valence-corrected chi connectivity index (χ0v) is 27.9. The van der Waals surface area contributed by atoms with Gasteiger partial charge in [-0.25, -0.2) is 23.5 Å². The van der Waals surface area contributed by atoms with Gasteiger partial charge in [-0.05, 0) is 85.1 Å². The molecule has 2 aromatic rings. The maximum absolute atomic E-state index is 13.9. The molecule has 0 unspecified atom stereocenters. The summed E-state index contributed by atoms with van der Waals surface area (Å²) < 4.78 is 43.0. The van der Waals surface area contributed by atoms with Gasteiger partial charge in [0.05, 0.1) is 22.5 Å². The van der Waals surface area contributed by atoms with Crippen LogP contribution in [0, 0.1) is 33.3 Å². The van der Waals surface area contributed by atoms with Crippen LogP contribution in [0.5, 0.6) is 0 Å². The van der Waals surface area contributed by atoms with Crippen LogP contribution in [0.1, 0.15) is 66.7 Å². The van der Waals surface area contributed by atoms with Crippen LogP contribution in [0.3, 0.4) is 0 Å². The fourth-order valence-corrected chi connectivity index (χ4v) is 8.82. The van der Waals surface area contributed by atoms with E-state index in [1.165, 1.54) is 6.07 Å². The second-order valence-electron chi connectivity index (χ2n) is 14.0. The number of nitrogens with one attached hydrogen (secondary N) is 3. The second kappa shape index (κ2) is 13.1. The van der Waals surface area contributed by atoms with Gasteiger partial charge in [0.15, 0.2) is 5.03 Å². The number of carbonyl (C=O) groups is 1. The highest BCUT2D eigenvalue weighted by Gasteiger charge is 2.68. The quantitative estimate of drug-likeness (QED) is 0.0627. The van der Waals surface area contributed by atoms with Gasteiger partial charge in [0.2, 0.25) is 15.9 Å². The molecule has 0 radical (unpaired) electrons. The third-order valence-corrected chi connectivity index (χ3v) is 11.6. The van der Waals surface area contributed by atoms with E-state index in [1.807, 2.05) is 38.1 Å². The van der Waals surface area contributed by atoms with Gasteiger partial charge in [-0.2, -0.15) is 4.72 Å². The Morgan fingerprint density at radius 2 is 1.89 bits per heavy atom. The van der Waals surface area contributed by atoms with Gasteiger partial charge in [0.1, 0.15) is 6.04 Å². The minimum Gasteiger partial charge on any atom is -0.404 e. The molecule has 6 atom stereocenters. The number of hydrogen-bond donors (Lipinski definition) is 4. The van der Waals surface area contributed by atoms with Crippen LogP contribution in [-0.2, 0) is 24.1 Å². The summed E-state index contributed by atoms with van der Waals surface area (Å²) in [5.41, 5.74) is 6.99. The van der Waals surface area contributed by atoms with Crippen molar-refractivity contribution >= 4 is 39.8 Å². The van der Waals surface area contributed by atoms with Crippen LogP contribution < -0.4 is 21.2 Å². The molecule has 2 bridgehead atoms. The van der Waals surface area contributed by atoms with Crippen molar-refractivity contribution in [3.8, 4) is 0 Å². The lowest BCUT2D eigenvalue weighted by Crippen LogP contribution is -2.65. The van der Waals surface area contributed by atoms with E-state index in [0.29, 0.717) is 18.3 Å². The standard InChI is InChI=1S/C31H45BN6O7S/c1-19(2)15-27(32-44-26-18-22-17-25(30(22,3)4)31(26,5)45-32)35-28(39)24(11-8-14-34-29(33)36-38(40)41)37-46(42,43)23-13-12-20-9-6-7-10-21(20)16-23/h6-7,9-10,12-13,16,19,22,24-27,37H,8,11,14-15,17-18H2,1-5H3,(H,35,39)(H3,33,34,36)/t22-,24+,25-,26-,27+,31+/m1/s1. The Kier molecular flexibility index (Phi) is 9.70. The average molecular weight is 657 g/mol. The van der Waals surface area contributed by atoms with Crippen molar-refractivity contribution in [3.63, 3.8) is 0 Å². The Morgan fingerprint density at radius 3 is 2.57 bits per heavy atom. The monoisotopic (exact) mass is 656 g/mol. The third kappa shape index (κ3) is 7.02. The Labute approximate surface area is 270 Å². The van der Waals surface area contributed by atoms with Crippen LogP contribution in [0.2, 0.25) is 0 Å². The fraction of sp³-hybridized carbons (Fsp3) is 0.613. The van der Waals surface area contributed by atoms with E-state index in [2.05, 4.69) is 35.8 Å². The second-order valence-corrected chi connectivity index (χ2v) is 15.8. The van der Waals surface area contributed by atoms with E-state index >= 15 is 0 Å². The molecule has 0 aromatic heterocycles. The zero-order valence-electron chi connectivity index (χ0n) is 27.1. The molecule has 4 aliphatic rings. The lowest BCUT2D eigenvalue weighted by Gasteiger charge is -2.64. The van der Waals surface area contributed by atoms with Crippen LogP contribution in [-0.4, -0.2) is 62.7 Å². The maximum Gasteiger partial charge on any atom is 0.481 e. The number of rotatable bonds is 13. The summed E-state index contributed by atoms with van der Waals surface area (Å²) in [5, 5.41) is 14.5. The SMILES string of the molecule is CC(C)C[C@H](NC(=O)[C@H](CCCN=C(N)N[N+](=O)[O-])NS(=O)(=O)c1ccc2ccccc2c1)B1O[C@@H]2C[C@H]3C[C@H](C3(C)C)[C@]2(C)O1. The Balaban J connectivity index is 1.34. The summed E-state index contributed by atoms with van der Waals surface area (Å²) in [7, 11) is -4.79. The Hall–Kier alpha value is -3.27. The maximum atomic E-state index is 13.9. The topological polar surface area (TPSA) is 187 Å². The van der Waals surface area contributed by atoms with Crippen molar-refractivity contribution in [1.82, 2.24) is 15.5 Å². The molecule has 3 saturated carbocycles. The van der Waals surface area contributed by atoms with Gasteiger partial charge in [0.25, 0.3) is 5.96 Å². The Morgan fingerprint density at radius 1 is 1.17 bits per heavy atom. The van der Waals surface area contributed by atoms with Crippen molar-refractivity contribution in [2.45, 2.75) is 95.3 Å². The van der Waals surface area contributed by atoms with Crippen molar-refractivity contribution in [3.05, 3.63) is 52.6 Å². The van der Waals surface area contributed by atoms with Gasteiger partial charge in [-0.1, -0.05) is 63.5 Å². The van der Waals surface area contributed by atoms with E-state index in [0.717, 1.165) is 23.6 Å². The largest absolute Gasteiger partial charge is 0.481 e. The summed E-state index contributed by atoms with van der Waals surface area (Å²) in [4.78, 5) is 28.5. The first kappa shape index (κ1) is 34.1. The molecule has 1 saturated heterocycles. The molecule has 2 aromatic carbocycles. The normalized spacial score (nSPS) is 26.7. The van der Waals surface area contributed by atoms with E-state index < -0.39 is 45.7 Å². The average Bonchev–Trinajstić information content (AvgIpc) is 3.34. The number of carbonyl (C=O) groups excluding carboxylic acids is 1. The summed E-state index contributed by atoms with van der Waals surface area (Å²) in [6.07, 6.45) is 2.78. The van der Waals surface area contributed by atoms with Crippen molar-refractivity contribution in [1.29, 1.82) is 0 Å². The summed E-state index contributed by atoms with van der Waals surface area (Å²) in [6.45, 7) is 10.8. The number of nitro groups is 1. The number of guanidine groups is 1. The molecule has 5 N–H and O–H groups in total. The smallest absolute Gasteiger partial charge is 0.404 e. The predicted octanol–water partition coefficient (Wildman–Crippen LogP) is 3.16. The Bertz CT molecular complexity index is 1600. The molecular weight excluding hydrogens is 611 g/mol. The molecule has 13 nitrogen and oxygen atoms in total. The van der Waals surface area contributed by atoms with Crippen molar-refractivity contribution in [2.24, 2.45) is 33.9 Å². The third-order valence-electron chi connectivity index (χ3n) is 10.1. The minimum absolute atomic E-state index is 0.0289. The van der Waals surface area contributed by atoms with Crippen LogP contribution in [0.25, 0.3) is 10.8 Å². The first-order valence-corrected chi connectivity index (χ1v) is 17.4. The van der Waals surface area contributed by atoms with Gasteiger partial charge < -0.3 is 20.4 Å². The van der Waals surface area contributed by atoms with Crippen LogP contribution >= 0.6 is 0 Å². The van der Waals surface area contributed by atoms with Crippen molar-refractivity contribution < 1.29 is 27.6 Å². The van der Waals surface area contributed by atoms with Gasteiger partial charge in [-0.3, -0.25) is 4.79 Å². The molecule has 250 valence electrons. The van der Waals surface area contributed by atoms with Gasteiger partial charge >= 0.3 is 7.12 Å². The predicted molar refractivity (Wildman–Crippen MR) is 175 cm³/mol. The van der Waals surface area contributed by atoms with Gasteiger partial charge in [-0.15, -0.1) is 0 Å². The summed E-state index contributed by atoms with van der Waals surface area (Å²) in [6, 6.07) is 11.0. The molecule has 4 fully saturated rings. The molecule has 15 heteroatoms. The van der Waals surface area contributed by atoms with Crippen molar-refractivity contribution in [2.75, 3.05) is 6.54 Å². The van der Waals surface area contributed by atoms with E-state index in [-0.39, 0.29) is 47.7 Å². The molecule has 1 heterocycles. The van der Waals surface area contributed by atoms with E-state index in [9.17, 15) is 23.3 Å². The van der Waals surface area contributed by atoms with Crippen LogP contribution in [0.15, 0.2) is 52.4 Å². The lowest BCUT2D eigenvalue weighted by molar-refractivity contribution is -0.525. The number of hydrazine groups is 1. The highest BCUT2D eigenvalue weighted by Crippen LogP contribution is 2.65. The molecule has 46 heavy (non-hydrogen) atoms.